The maximum Gasteiger partial charge on any atom is 0.256 e. The monoisotopic (exact) mass is 419 g/mol. The molecule has 8 heteroatoms. The van der Waals surface area contributed by atoms with Gasteiger partial charge in [-0.15, -0.1) is 0 Å². The molecule has 1 aliphatic heterocycles. The number of rotatable bonds is 2. The number of nitrogens with zero attached hydrogens (tertiary/aromatic N) is 1. The van der Waals surface area contributed by atoms with Crippen LogP contribution in [0.2, 0.25) is 0 Å². The zero-order chi connectivity index (χ0) is 17.6. The number of aromatic nitrogens is 2. The third-order valence-electron chi connectivity index (χ3n) is 4.39. The van der Waals surface area contributed by atoms with Crippen molar-refractivity contribution in [2.75, 3.05) is 6.54 Å². The van der Waals surface area contributed by atoms with E-state index in [0.717, 1.165) is 16.7 Å². The largest absolute Gasteiger partial charge is 0.464 e. The second-order valence-corrected chi connectivity index (χ2v) is 7.38. The molecule has 0 bridgehead atoms. The van der Waals surface area contributed by atoms with E-state index in [-0.39, 0.29) is 11.0 Å². The van der Waals surface area contributed by atoms with Crippen LogP contribution in [0.5, 0.6) is 0 Å². The third-order valence-corrected chi connectivity index (χ3v) is 5.09. The van der Waals surface area contributed by atoms with Crippen LogP contribution in [-0.2, 0) is 19.5 Å². The first kappa shape index (κ1) is 16.4. The van der Waals surface area contributed by atoms with Crippen LogP contribution in [0.3, 0.4) is 0 Å². The molecule has 0 saturated carbocycles. The maximum absolute atomic E-state index is 12.7. The summed E-state index contributed by atoms with van der Waals surface area (Å²) in [5, 5.41) is 0.547. The highest BCUT2D eigenvalue weighted by molar-refractivity contribution is 9.10. The lowest BCUT2D eigenvalue weighted by molar-refractivity contribution is 0.239. The molecule has 2 aromatic heterocycles. The topological polar surface area (TPSA) is 82.1 Å². The molecule has 0 saturated heterocycles. The summed E-state index contributed by atoms with van der Waals surface area (Å²) in [5.74, 6) is 0. The number of aromatic amines is 2. The molecular weight excluding hydrogens is 406 g/mol. The Balaban J connectivity index is 1.66. The van der Waals surface area contributed by atoms with Crippen LogP contribution in [0, 0.1) is 4.77 Å². The molecule has 0 spiro atoms. The average Bonchev–Trinajstić information content (AvgIpc) is 2.58. The van der Waals surface area contributed by atoms with E-state index in [4.69, 9.17) is 16.6 Å². The SMILES string of the molecule is O=c1[nH]c(=S)[nH]c2c1CN(Cc1coc3ccc(Br)cc3c1=O)CC2. The Hall–Kier alpha value is -2.03. The highest BCUT2D eigenvalue weighted by Crippen LogP contribution is 2.19. The standard InChI is InChI=1S/C17H14BrN3O3S/c18-10-1-2-14-11(5-10)15(22)9(8-24-14)6-21-4-3-13-12(7-21)16(23)20-17(25)19-13/h1-2,5,8H,3-4,6-7H2,(H2,19,20,23,25). The van der Waals surface area contributed by atoms with Crippen molar-refractivity contribution in [1.82, 2.24) is 14.9 Å². The van der Waals surface area contributed by atoms with Crippen LogP contribution in [0.1, 0.15) is 16.8 Å². The van der Waals surface area contributed by atoms with Gasteiger partial charge < -0.3 is 9.40 Å². The average molecular weight is 420 g/mol. The van der Waals surface area contributed by atoms with Gasteiger partial charge in [-0.1, -0.05) is 15.9 Å². The van der Waals surface area contributed by atoms with Crippen molar-refractivity contribution >= 4 is 39.1 Å². The van der Waals surface area contributed by atoms with Crippen LogP contribution >= 0.6 is 28.1 Å². The molecule has 3 heterocycles. The van der Waals surface area contributed by atoms with Gasteiger partial charge in [0.05, 0.1) is 17.2 Å². The molecule has 0 fully saturated rings. The fourth-order valence-electron chi connectivity index (χ4n) is 3.14. The summed E-state index contributed by atoms with van der Waals surface area (Å²) in [5.41, 5.74) is 2.47. The van der Waals surface area contributed by atoms with Gasteiger partial charge in [0, 0.05) is 41.8 Å². The van der Waals surface area contributed by atoms with Crippen molar-refractivity contribution in [2.45, 2.75) is 19.5 Å². The van der Waals surface area contributed by atoms with E-state index in [1.54, 1.807) is 12.1 Å². The van der Waals surface area contributed by atoms with Gasteiger partial charge in [-0.3, -0.25) is 19.5 Å². The quantitative estimate of drug-likeness (QED) is 0.624. The summed E-state index contributed by atoms with van der Waals surface area (Å²) >= 11 is 8.39. The highest BCUT2D eigenvalue weighted by Gasteiger charge is 2.21. The van der Waals surface area contributed by atoms with Crippen LogP contribution in [0.15, 0.2) is 42.9 Å². The summed E-state index contributed by atoms with van der Waals surface area (Å²) in [4.78, 5) is 32.5. The van der Waals surface area contributed by atoms with Gasteiger partial charge in [0.2, 0.25) is 0 Å². The molecule has 0 aliphatic carbocycles. The van der Waals surface area contributed by atoms with E-state index in [0.29, 0.717) is 46.4 Å². The Bertz CT molecular complexity index is 1150. The first-order valence-electron chi connectivity index (χ1n) is 7.78. The molecular formula is C17H14BrN3O3S. The van der Waals surface area contributed by atoms with Gasteiger partial charge in [-0.05, 0) is 30.4 Å². The number of halogens is 1. The first-order valence-corrected chi connectivity index (χ1v) is 8.98. The molecule has 128 valence electrons. The molecule has 0 radical (unpaired) electrons. The fourth-order valence-corrected chi connectivity index (χ4v) is 3.72. The van der Waals surface area contributed by atoms with Crippen molar-refractivity contribution in [3.63, 3.8) is 0 Å². The van der Waals surface area contributed by atoms with E-state index in [1.807, 2.05) is 6.07 Å². The smallest absolute Gasteiger partial charge is 0.256 e. The Morgan fingerprint density at radius 2 is 2.12 bits per heavy atom. The molecule has 3 aromatic rings. The van der Waals surface area contributed by atoms with Gasteiger partial charge in [-0.2, -0.15) is 0 Å². The minimum atomic E-state index is -0.169. The van der Waals surface area contributed by atoms with E-state index in [9.17, 15) is 9.59 Å². The molecule has 1 aromatic carbocycles. The Kier molecular flexibility index (Phi) is 4.18. The van der Waals surface area contributed by atoms with Crippen molar-refractivity contribution in [3.8, 4) is 0 Å². The Morgan fingerprint density at radius 3 is 2.96 bits per heavy atom. The zero-order valence-electron chi connectivity index (χ0n) is 13.1. The molecule has 0 amide bonds. The van der Waals surface area contributed by atoms with Crippen LogP contribution < -0.4 is 11.0 Å². The summed E-state index contributed by atoms with van der Waals surface area (Å²) in [6.45, 7) is 1.63. The zero-order valence-corrected chi connectivity index (χ0v) is 15.5. The molecule has 4 rings (SSSR count). The number of hydrogen-bond acceptors (Lipinski definition) is 5. The molecule has 0 unspecified atom stereocenters. The van der Waals surface area contributed by atoms with Gasteiger partial charge in [0.1, 0.15) is 5.58 Å². The van der Waals surface area contributed by atoms with E-state index < -0.39 is 0 Å². The molecule has 2 N–H and O–H groups in total. The predicted octanol–water partition coefficient (Wildman–Crippen LogP) is 2.86. The lowest BCUT2D eigenvalue weighted by atomic mass is 10.1. The number of fused-ring (bicyclic) bond motifs is 2. The second kappa shape index (κ2) is 6.36. The Labute approximate surface area is 155 Å². The minimum absolute atomic E-state index is 0.0466. The number of hydrogen-bond donors (Lipinski definition) is 2. The lowest BCUT2D eigenvalue weighted by Gasteiger charge is -2.27. The van der Waals surface area contributed by atoms with Gasteiger partial charge >= 0.3 is 0 Å². The maximum atomic E-state index is 12.7. The number of benzene rings is 1. The summed E-state index contributed by atoms with van der Waals surface area (Å²) in [6, 6.07) is 5.37. The Morgan fingerprint density at radius 1 is 1.28 bits per heavy atom. The molecule has 0 atom stereocenters. The van der Waals surface area contributed by atoms with Crippen LogP contribution in [-0.4, -0.2) is 21.4 Å². The lowest BCUT2D eigenvalue weighted by Crippen LogP contribution is -2.36. The summed E-state index contributed by atoms with van der Waals surface area (Å²) in [7, 11) is 0. The predicted molar refractivity (Wildman–Crippen MR) is 100 cm³/mol. The minimum Gasteiger partial charge on any atom is -0.464 e. The van der Waals surface area contributed by atoms with Crippen LogP contribution in [0.25, 0.3) is 11.0 Å². The van der Waals surface area contributed by atoms with Crippen molar-refractivity contribution in [3.05, 3.63) is 71.1 Å². The van der Waals surface area contributed by atoms with Crippen molar-refractivity contribution in [2.24, 2.45) is 0 Å². The van der Waals surface area contributed by atoms with Gasteiger partial charge in [-0.25, -0.2) is 0 Å². The van der Waals surface area contributed by atoms with E-state index in [1.165, 1.54) is 6.26 Å². The summed E-state index contributed by atoms with van der Waals surface area (Å²) in [6.07, 6.45) is 2.20. The molecule has 6 nitrogen and oxygen atoms in total. The second-order valence-electron chi connectivity index (χ2n) is 6.06. The summed E-state index contributed by atoms with van der Waals surface area (Å²) < 4.78 is 6.77. The van der Waals surface area contributed by atoms with Crippen molar-refractivity contribution < 1.29 is 4.42 Å². The normalized spacial score (nSPS) is 14.6. The number of H-pyrrole nitrogens is 2. The highest BCUT2D eigenvalue weighted by atomic mass is 79.9. The van der Waals surface area contributed by atoms with Gasteiger partial charge in [0.15, 0.2) is 10.2 Å². The molecule has 1 aliphatic rings. The first-order chi connectivity index (χ1) is 12.0. The van der Waals surface area contributed by atoms with Crippen molar-refractivity contribution in [1.29, 1.82) is 0 Å². The fraction of sp³-hybridized carbons (Fsp3) is 0.235. The van der Waals surface area contributed by atoms with E-state index in [2.05, 4.69) is 30.8 Å². The van der Waals surface area contributed by atoms with Gasteiger partial charge in [0.25, 0.3) is 5.56 Å². The van der Waals surface area contributed by atoms with E-state index >= 15 is 0 Å². The molecule has 25 heavy (non-hydrogen) atoms. The van der Waals surface area contributed by atoms with Crippen LogP contribution in [0.4, 0.5) is 0 Å². The third kappa shape index (κ3) is 3.12. The number of nitrogens with one attached hydrogen (secondary N) is 2.